The van der Waals surface area contributed by atoms with Crippen LogP contribution in [0.2, 0.25) is 0 Å². The van der Waals surface area contributed by atoms with Crippen molar-refractivity contribution in [1.29, 1.82) is 0 Å². The van der Waals surface area contributed by atoms with Gasteiger partial charge >= 0.3 is 12.1 Å². The van der Waals surface area contributed by atoms with Crippen molar-refractivity contribution in [1.82, 2.24) is 4.90 Å². The summed E-state index contributed by atoms with van der Waals surface area (Å²) >= 11 is 0. The Kier molecular flexibility index (Phi) is 7.16. The highest BCUT2D eigenvalue weighted by molar-refractivity contribution is 5.95. The van der Waals surface area contributed by atoms with E-state index in [0.29, 0.717) is 32.0 Å². The summed E-state index contributed by atoms with van der Waals surface area (Å²) in [6.07, 6.45) is -0.813. The van der Waals surface area contributed by atoms with Crippen LogP contribution in [0.1, 0.15) is 40.5 Å². The summed E-state index contributed by atoms with van der Waals surface area (Å²) in [4.78, 5) is 38.0. The third-order valence-electron chi connectivity index (χ3n) is 4.33. The molecule has 0 radical (unpaired) electrons. The largest absolute Gasteiger partial charge is 0.452 e. The summed E-state index contributed by atoms with van der Waals surface area (Å²) in [6.45, 7) is 7.38. The van der Waals surface area contributed by atoms with Gasteiger partial charge in [-0.05, 0) is 52.7 Å². The van der Waals surface area contributed by atoms with Gasteiger partial charge in [0, 0.05) is 19.2 Å². The summed E-state index contributed by atoms with van der Waals surface area (Å²) in [5.41, 5.74) is -0.801. The fourth-order valence-corrected chi connectivity index (χ4v) is 2.77. The molecule has 0 spiro atoms. The number of halogens is 2. The van der Waals surface area contributed by atoms with Gasteiger partial charge in [-0.3, -0.25) is 9.59 Å². The maximum Gasteiger partial charge on any atom is 0.410 e. The molecule has 9 heteroatoms. The fraction of sp³-hybridized carbons (Fsp3) is 0.550. The molecular formula is C20H26F2N2O5. The van der Waals surface area contributed by atoms with E-state index >= 15 is 0 Å². The van der Waals surface area contributed by atoms with Crippen molar-refractivity contribution < 1.29 is 32.6 Å². The van der Waals surface area contributed by atoms with Crippen molar-refractivity contribution in [2.24, 2.45) is 5.92 Å². The number of anilines is 1. The average molecular weight is 412 g/mol. The summed E-state index contributed by atoms with van der Waals surface area (Å²) < 4.78 is 37.0. The quantitative estimate of drug-likeness (QED) is 0.766. The van der Waals surface area contributed by atoms with E-state index in [9.17, 15) is 23.2 Å². The lowest BCUT2D eigenvalue weighted by Gasteiger charge is -2.32. The van der Waals surface area contributed by atoms with Crippen molar-refractivity contribution in [2.75, 3.05) is 18.4 Å². The Morgan fingerprint density at radius 2 is 1.79 bits per heavy atom. The number of esters is 1. The van der Waals surface area contributed by atoms with E-state index in [1.54, 1.807) is 20.8 Å². The topological polar surface area (TPSA) is 84.9 Å². The van der Waals surface area contributed by atoms with Crippen LogP contribution in [0.25, 0.3) is 0 Å². The zero-order valence-corrected chi connectivity index (χ0v) is 17.0. The molecule has 1 aliphatic heterocycles. The number of likely N-dealkylation sites (tertiary alicyclic amines) is 1. The van der Waals surface area contributed by atoms with E-state index in [1.165, 1.54) is 11.8 Å². The third kappa shape index (κ3) is 6.69. The van der Waals surface area contributed by atoms with E-state index in [2.05, 4.69) is 5.32 Å². The van der Waals surface area contributed by atoms with Gasteiger partial charge in [0.2, 0.25) is 0 Å². The molecule has 160 valence electrons. The van der Waals surface area contributed by atoms with Crippen LogP contribution in [0.15, 0.2) is 18.2 Å². The Bertz CT molecular complexity index is 771. The molecule has 1 heterocycles. The SMILES string of the molecule is CC(OC(=O)C1CCN(C(=O)OC(C)(C)C)CC1)C(=O)Nc1ccc(F)cc1F. The number of nitrogens with one attached hydrogen (secondary N) is 1. The Morgan fingerprint density at radius 3 is 2.34 bits per heavy atom. The average Bonchev–Trinajstić information content (AvgIpc) is 2.62. The van der Waals surface area contributed by atoms with Gasteiger partial charge in [-0.25, -0.2) is 13.6 Å². The lowest BCUT2D eigenvalue weighted by atomic mass is 9.97. The second-order valence-electron chi connectivity index (χ2n) is 7.93. The molecule has 1 fully saturated rings. The Morgan fingerprint density at radius 1 is 1.17 bits per heavy atom. The maximum absolute atomic E-state index is 13.6. The minimum atomic E-state index is -1.16. The summed E-state index contributed by atoms with van der Waals surface area (Å²) in [7, 11) is 0. The number of benzene rings is 1. The zero-order valence-electron chi connectivity index (χ0n) is 17.0. The van der Waals surface area contributed by atoms with E-state index in [0.717, 1.165) is 12.1 Å². The Balaban J connectivity index is 1.82. The standard InChI is InChI=1S/C20H26F2N2O5/c1-12(17(25)23-16-6-5-14(21)11-15(16)22)28-18(26)13-7-9-24(10-8-13)19(27)29-20(2,3)4/h5-6,11-13H,7-10H2,1-4H3,(H,23,25). The molecule has 1 aliphatic rings. The smallest absolute Gasteiger partial charge is 0.410 e. The molecule has 1 aromatic rings. The number of hydrogen-bond acceptors (Lipinski definition) is 5. The normalized spacial score (nSPS) is 16.1. The number of hydrogen-bond donors (Lipinski definition) is 1. The second-order valence-corrected chi connectivity index (χ2v) is 7.93. The first-order valence-corrected chi connectivity index (χ1v) is 9.40. The lowest BCUT2D eigenvalue weighted by molar-refractivity contribution is -0.158. The maximum atomic E-state index is 13.6. The molecule has 0 saturated carbocycles. The number of amides is 2. The van der Waals surface area contributed by atoms with E-state index in [-0.39, 0.29) is 5.69 Å². The lowest BCUT2D eigenvalue weighted by Crippen LogP contribution is -2.43. The number of carbonyl (C=O) groups excluding carboxylic acids is 3. The Labute approximate surface area is 168 Å². The first-order chi connectivity index (χ1) is 13.5. The highest BCUT2D eigenvalue weighted by Gasteiger charge is 2.32. The molecule has 1 unspecified atom stereocenters. The van der Waals surface area contributed by atoms with Gasteiger partial charge in [0.25, 0.3) is 5.91 Å². The van der Waals surface area contributed by atoms with Gasteiger partial charge in [0.15, 0.2) is 6.10 Å². The second kappa shape index (κ2) is 9.19. The van der Waals surface area contributed by atoms with Crippen molar-refractivity contribution in [2.45, 2.75) is 52.2 Å². The molecule has 1 atom stereocenters. The third-order valence-corrected chi connectivity index (χ3v) is 4.33. The molecule has 1 saturated heterocycles. The van der Waals surface area contributed by atoms with Gasteiger partial charge in [-0.15, -0.1) is 0 Å². The van der Waals surface area contributed by atoms with Crippen LogP contribution in [-0.4, -0.2) is 47.7 Å². The molecule has 7 nitrogen and oxygen atoms in total. The molecule has 0 aliphatic carbocycles. The molecule has 29 heavy (non-hydrogen) atoms. The van der Waals surface area contributed by atoms with Gasteiger partial charge in [0.1, 0.15) is 17.2 Å². The van der Waals surface area contributed by atoms with Crippen molar-refractivity contribution >= 4 is 23.7 Å². The molecule has 1 N–H and O–H groups in total. The van der Waals surface area contributed by atoms with Crippen LogP contribution in [0.5, 0.6) is 0 Å². The van der Waals surface area contributed by atoms with Crippen molar-refractivity contribution in [3.8, 4) is 0 Å². The van der Waals surface area contributed by atoms with Gasteiger partial charge in [-0.2, -0.15) is 0 Å². The van der Waals surface area contributed by atoms with E-state index in [1.807, 2.05) is 0 Å². The van der Waals surface area contributed by atoms with Crippen LogP contribution in [0.4, 0.5) is 19.3 Å². The van der Waals surface area contributed by atoms with Crippen LogP contribution in [-0.2, 0) is 19.1 Å². The van der Waals surface area contributed by atoms with Crippen LogP contribution in [0.3, 0.4) is 0 Å². The monoisotopic (exact) mass is 412 g/mol. The van der Waals surface area contributed by atoms with E-state index < -0.39 is 47.2 Å². The predicted molar refractivity (Wildman–Crippen MR) is 101 cm³/mol. The molecular weight excluding hydrogens is 386 g/mol. The summed E-state index contributed by atoms with van der Waals surface area (Å²) in [6, 6.07) is 2.74. The minimum Gasteiger partial charge on any atom is -0.452 e. The summed E-state index contributed by atoms with van der Waals surface area (Å²) in [5, 5.41) is 2.26. The molecule has 0 aromatic heterocycles. The zero-order chi connectivity index (χ0) is 21.8. The highest BCUT2D eigenvalue weighted by Crippen LogP contribution is 2.22. The van der Waals surface area contributed by atoms with Crippen molar-refractivity contribution in [3.05, 3.63) is 29.8 Å². The number of piperidine rings is 1. The van der Waals surface area contributed by atoms with Crippen LogP contribution >= 0.6 is 0 Å². The number of nitrogens with zero attached hydrogens (tertiary/aromatic N) is 1. The first kappa shape index (κ1) is 22.6. The molecule has 2 rings (SSSR count). The highest BCUT2D eigenvalue weighted by atomic mass is 19.1. The number of rotatable bonds is 4. The van der Waals surface area contributed by atoms with E-state index in [4.69, 9.17) is 9.47 Å². The van der Waals surface area contributed by atoms with Gasteiger partial charge < -0.3 is 19.7 Å². The van der Waals surface area contributed by atoms with Crippen LogP contribution in [0, 0.1) is 17.6 Å². The molecule has 2 amide bonds. The molecule has 0 bridgehead atoms. The number of ether oxygens (including phenoxy) is 2. The fourth-order valence-electron chi connectivity index (χ4n) is 2.77. The first-order valence-electron chi connectivity index (χ1n) is 9.40. The number of carbonyl (C=O) groups is 3. The van der Waals surface area contributed by atoms with Crippen molar-refractivity contribution in [3.63, 3.8) is 0 Å². The van der Waals surface area contributed by atoms with Gasteiger partial charge in [-0.1, -0.05) is 0 Å². The summed E-state index contributed by atoms with van der Waals surface area (Å²) in [5.74, 6) is -3.43. The Hall–Kier alpha value is -2.71. The molecule has 1 aromatic carbocycles. The van der Waals surface area contributed by atoms with Gasteiger partial charge in [0.05, 0.1) is 11.6 Å². The minimum absolute atomic E-state index is 0.204. The predicted octanol–water partition coefficient (Wildman–Crippen LogP) is 3.48. The van der Waals surface area contributed by atoms with Crippen LogP contribution < -0.4 is 5.32 Å².